The number of para-hydroxylation sites is 1. The molecule has 4 aromatic rings. The van der Waals surface area contributed by atoms with E-state index in [2.05, 4.69) is 5.32 Å². The summed E-state index contributed by atoms with van der Waals surface area (Å²) < 4.78 is 1.87. The van der Waals surface area contributed by atoms with E-state index < -0.39 is 0 Å². The molecular weight excluding hydrogens is 466 g/mol. The molecule has 1 fully saturated rings. The van der Waals surface area contributed by atoms with Gasteiger partial charge in [-0.1, -0.05) is 54.6 Å². The fourth-order valence-electron chi connectivity index (χ4n) is 3.87. The Kier molecular flexibility index (Phi) is 6.33. The third-order valence-corrected chi connectivity index (χ3v) is 7.30. The van der Waals surface area contributed by atoms with Gasteiger partial charge in [-0.15, -0.1) is 11.3 Å². The maximum absolute atomic E-state index is 13.0. The van der Waals surface area contributed by atoms with E-state index in [-0.39, 0.29) is 30.1 Å². The first kappa shape index (κ1) is 22.2. The summed E-state index contributed by atoms with van der Waals surface area (Å²) in [5, 5.41) is 5.57. The Morgan fingerprint density at radius 3 is 2.56 bits per heavy atom. The number of nitrogens with zero attached hydrogens (tertiary/aromatic N) is 2. The molecule has 2 aromatic heterocycles. The Morgan fingerprint density at radius 2 is 1.76 bits per heavy atom. The second-order valence-corrected chi connectivity index (χ2v) is 9.86. The molecule has 0 saturated carbocycles. The fraction of sp³-hybridized carbons (Fsp3) is 0.115. The second kappa shape index (κ2) is 9.70. The Bertz CT molecular complexity index is 1390. The summed E-state index contributed by atoms with van der Waals surface area (Å²) in [6.45, 7) is 0.904. The summed E-state index contributed by atoms with van der Waals surface area (Å²) in [7, 11) is 0. The van der Waals surface area contributed by atoms with Gasteiger partial charge in [0.2, 0.25) is 5.91 Å². The lowest BCUT2D eigenvalue weighted by molar-refractivity contribution is -0.123. The number of hydrogen-bond donors (Lipinski definition) is 1. The molecule has 0 spiro atoms. The van der Waals surface area contributed by atoms with Gasteiger partial charge in [0.05, 0.1) is 18.0 Å². The summed E-state index contributed by atoms with van der Waals surface area (Å²) >= 11 is 2.55. The maximum Gasteiger partial charge on any atom is 0.293 e. The van der Waals surface area contributed by atoms with Crippen molar-refractivity contribution in [1.82, 2.24) is 14.8 Å². The van der Waals surface area contributed by atoms with Gasteiger partial charge < -0.3 is 9.88 Å². The van der Waals surface area contributed by atoms with Crippen LogP contribution in [0.15, 0.2) is 83.2 Å². The molecule has 3 heterocycles. The van der Waals surface area contributed by atoms with Gasteiger partial charge in [0.15, 0.2) is 0 Å². The van der Waals surface area contributed by atoms with E-state index in [0.717, 1.165) is 38.7 Å². The van der Waals surface area contributed by atoms with Crippen LogP contribution in [0.25, 0.3) is 17.0 Å². The maximum atomic E-state index is 13.0. The molecule has 1 N–H and O–H groups in total. The molecule has 0 unspecified atom stereocenters. The predicted octanol–water partition coefficient (Wildman–Crippen LogP) is 5.26. The van der Waals surface area contributed by atoms with Crippen molar-refractivity contribution in [2.24, 2.45) is 0 Å². The minimum Gasteiger partial charge on any atom is -0.350 e. The van der Waals surface area contributed by atoms with Crippen LogP contribution >= 0.6 is 23.1 Å². The molecular formula is C26H21N3O3S2. The van der Waals surface area contributed by atoms with E-state index in [0.29, 0.717) is 11.4 Å². The number of hydrogen-bond acceptors (Lipinski definition) is 5. The number of rotatable bonds is 7. The number of imide groups is 1. The van der Waals surface area contributed by atoms with Crippen molar-refractivity contribution >= 4 is 57.1 Å². The van der Waals surface area contributed by atoms with Crippen molar-refractivity contribution in [3.8, 4) is 0 Å². The van der Waals surface area contributed by atoms with Crippen molar-refractivity contribution < 1.29 is 14.4 Å². The van der Waals surface area contributed by atoms with Crippen molar-refractivity contribution in [2.45, 2.75) is 19.6 Å². The first-order chi connectivity index (χ1) is 16.6. The van der Waals surface area contributed by atoms with Gasteiger partial charge in [-0.05, 0) is 40.9 Å². The average Bonchev–Trinajstić information content (AvgIpc) is 3.55. The highest BCUT2D eigenvalue weighted by Gasteiger charge is 2.35. The van der Waals surface area contributed by atoms with Crippen LogP contribution in [0.2, 0.25) is 0 Å². The van der Waals surface area contributed by atoms with E-state index >= 15 is 0 Å². The molecule has 6 nitrogen and oxygen atoms in total. The highest BCUT2D eigenvalue weighted by atomic mass is 32.2. The quantitative estimate of drug-likeness (QED) is 0.361. The highest BCUT2D eigenvalue weighted by Crippen LogP contribution is 2.35. The van der Waals surface area contributed by atoms with Crippen LogP contribution in [0.4, 0.5) is 4.79 Å². The highest BCUT2D eigenvalue weighted by molar-refractivity contribution is 8.18. The smallest absolute Gasteiger partial charge is 0.293 e. The van der Waals surface area contributed by atoms with Gasteiger partial charge >= 0.3 is 0 Å². The van der Waals surface area contributed by atoms with E-state index in [1.807, 2.05) is 82.9 Å². The normalized spacial score (nSPS) is 14.9. The summed E-state index contributed by atoms with van der Waals surface area (Å²) in [5.74, 6) is -0.395. The molecule has 0 bridgehead atoms. The number of carbonyl (C=O) groups excluding carboxylic acids is 3. The Labute approximate surface area is 204 Å². The zero-order valence-electron chi connectivity index (χ0n) is 18.1. The lowest BCUT2D eigenvalue weighted by atomic mass is 10.1. The number of fused-ring (bicyclic) bond motifs is 1. The molecule has 34 heavy (non-hydrogen) atoms. The van der Waals surface area contributed by atoms with Gasteiger partial charge in [0.25, 0.3) is 11.1 Å². The van der Waals surface area contributed by atoms with Crippen LogP contribution in [-0.4, -0.2) is 26.5 Å². The third kappa shape index (κ3) is 4.69. The molecule has 0 aliphatic carbocycles. The first-order valence-electron chi connectivity index (χ1n) is 10.7. The number of nitrogens with one attached hydrogen (secondary N) is 1. The molecule has 170 valence electrons. The van der Waals surface area contributed by atoms with E-state index in [1.54, 1.807) is 17.4 Å². The van der Waals surface area contributed by atoms with Crippen LogP contribution in [0.1, 0.15) is 16.0 Å². The molecule has 1 aliphatic rings. The summed E-state index contributed by atoms with van der Waals surface area (Å²) in [6, 6.07) is 21.1. The van der Waals surface area contributed by atoms with Crippen molar-refractivity contribution in [2.75, 3.05) is 0 Å². The number of amides is 3. The molecule has 1 aliphatic heterocycles. The number of benzene rings is 2. The monoisotopic (exact) mass is 487 g/mol. The van der Waals surface area contributed by atoms with Crippen LogP contribution < -0.4 is 5.32 Å². The Morgan fingerprint density at radius 1 is 0.971 bits per heavy atom. The SMILES string of the molecule is O=C(Cn1cc(/C=C2\SC(=O)N(Cc3ccccc3)C2=O)c2ccccc21)NCc1cccs1. The molecule has 0 atom stereocenters. The number of carbonyl (C=O) groups is 3. The number of thioether (sulfide) groups is 1. The minimum absolute atomic E-state index is 0.0936. The van der Waals surface area contributed by atoms with E-state index in [4.69, 9.17) is 0 Å². The molecule has 2 aromatic carbocycles. The first-order valence-corrected chi connectivity index (χ1v) is 12.4. The lowest BCUT2D eigenvalue weighted by Crippen LogP contribution is -2.27. The average molecular weight is 488 g/mol. The molecule has 1 saturated heterocycles. The lowest BCUT2D eigenvalue weighted by Gasteiger charge is -2.12. The molecule has 5 rings (SSSR count). The standard InChI is InChI=1S/C26H21N3O3S2/c30-24(27-14-20-9-6-12-33-20)17-28-16-19(21-10-4-5-11-22(21)28)13-23-25(31)29(26(32)34-23)15-18-7-2-1-3-8-18/h1-13,16H,14-15,17H2,(H,27,30)/b23-13-. The molecule has 8 heteroatoms. The number of aromatic nitrogens is 1. The van der Waals surface area contributed by atoms with Crippen molar-refractivity contribution in [3.05, 3.63) is 99.2 Å². The molecule has 0 radical (unpaired) electrons. The van der Waals surface area contributed by atoms with Crippen LogP contribution in [0.5, 0.6) is 0 Å². The topological polar surface area (TPSA) is 71.4 Å². The van der Waals surface area contributed by atoms with E-state index in [1.165, 1.54) is 4.90 Å². The predicted molar refractivity (Wildman–Crippen MR) is 136 cm³/mol. The summed E-state index contributed by atoms with van der Waals surface area (Å²) in [5.41, 5.74) is 2.59. The largest absolute Gasteiger partial charge is 0.350 e. The van der Waals surface area contributed by atoms with Gasteiger partial charge in [-0.3, -0.25) is 19.3 Å². The zero-order valence-corrected chi connectivity index (χ0v) is 19.8. The minimum atomic E-state index is -0.302. The Balaban J connectivity index is 1.37. The van der Waals surface area contributed by atoms with Gasteiger partial charge in [-0.25, -0.2) is 0 Å². The van der Waals surface area contributed by atoms with Gasteiger partial charge in [0.1, 0.15) is 6.54 Å². The summed E-state index contributed by atoms with van der Waals surface area (Å²) in [4.78, 5) is 40.8. The van der Waals surface area contributed by atoms with Gasteiger partial charge in [0, 0.05) is 27.5 Å². The zero-order chi connectivity index (χ0) is 23.5. The fourth-order valence-corrected chi connectivity index (χ4v) is 5.35. The van der Waals surface area contributed by atoms with Crippen LogP contribution in [0, 0.1) is 0 Å². The third-order valence-electron chi connectivity index (χ3n) is 5.52. The molecule has 3 amide bonds. The van der Waals surface area contributed by atoms with Crippen molar-refractivity contribution in [3.63, 3.8) is 0 Å². The van der Waals surface area contributed by atoms with Crippen molar-refractivity contribution in [1.29, 1.82) is 0 Å². The van der Waals surface area contributed by atoms with Crippen LogP contribution in [-0.2, 0) is 29.2 Å². The second-order valence-electron chi connectivity index (χ2n) is 7.84. The van der Waals surface area contributed by atoms with Gasteiger partial charge in [-0.2, -0.15) is 0 Å². The number of thiophene rings is 1. The van der Waals surface area contributed by atoms with Crippen LogP contribution in [0.3, 0.4) is 0 Å². The summed E-state index contributed by atoms with van der Waals surface area (Å²) in [6.07, 6.45) is 3.61. The van der Waals surface area contributed by atoms with E-state index in [9.17, 15) is 14.4 Å². The Hall–Kier alpha value is -3.62.